The van der Waals surface area contributed by atoms with E-state index in [1.807, 2.05) is 0 Å². The Bertz CT molecular complexity index is 1730. The fraction of sp³-hybridized carbons (Fsp3) is 0.455. The van der Waals surface area contributed by atoms with Gasteiger partial charge in [-0.2, -0.15) is 26.3 Å². The van der Waals surface area contributed by atoms with Crippen molar-refractivity contribution in [2.24, 2.45) is 7.05 Å². The molecule has 3 aromatic rings. The van der Waals surface area contributed by atoms with Crippen molar-refractivity contribution in [2.45, 2.75) is 64.0 Å². The number of anilines is 1. The van der Waals surface area contributed by atoms with Gasteiger partial charge in [0, 0.05) is 25.5 Å². The van der Waals surface area contributed by atoms with E-state index in [-0.39, 0.29) is 47.5 Å². The first-order chi connectivity index (χ1) is 22.0. The van der Waals surface area contributed by atoms with E-state index in [0.29, 0.717) is 30.4 Å². The first-order valence-electron chi connectivity index (χ1n) is 15.1. The molecular weight excluding hydrogens is 635 g/mol. The molecule has 0 spiro atoms. The van der Waals surface area contributed by atoms with Crippen LogP contribution in [0.1, 0.15) is 50.2 Å². The number of fused-ring (bicyclic) bond motifs is 1. The Morgan fingerprint density at radius 2 is 1.81 bits per heavy atom. The van der Waals surface area contributed by atoms with Gasteiger partial charge in [0.1, 0.15) is 11.9 Å². The average molecular weight is 670 g/mol. The van der Waals surface area contributed by atoms with Crippen molar-refractivity contribution in [1.82, 2.24) is 9.88 Å². The third kappa shape index (κ3) is 6.75. The van der Waals surface area contributed by atoms with Gasteiger partial charge < -0.3 is 24.6 Å². The molecule has 0 unspecified atom stereocenters. The maximum Gasteiger partial charge on any atom is 0.418 e. The second-order valence-electron chi connectivity index (χ2n) is 12.0. The van der Waals surface area contributed by atoms with Crippen LogP contribution in [0.25, 0.3) is 11.1 Å². The molecule has 1 fully saturated rings. The highest BCUT2D eigenvalue weighted by Crippen LogP contribution is 2.39. The lowest BCUT2D eigenvalue weighted by Crippen LogP contribution is -2.53. The van der Waals surface area contributed by atoms with Gasteiger partial charge in [-0.15, -0.1) is 0 Å². The quantitative estimate of drug-likeness (QED) is 0.329. The van der Waals surface area contributed by atoms with E-state index in [4.69, 9.17) is 4.74 Å². The van der Waals surface area contributed by atoms with Crippen LogP contribution in [0.15, 0.2) is 35.3 Å². The van der Waals surface area contributed by atoms with Gasteiger partial charge in [0.05, 0.1) is 42.6 Å². The molecule has 2 aliphatic rings. The topological polar surface area (TPSA) is 83.8 Å². The minimum Gasteiger partial charge on any atom is -0.394 e. The van der Waals surface area contributed by atoms with Crippen molar-refractivity contribution in [1.29, 1.82) is 0 Å². The summed E-state index contributed by atoms with van der Waals surface area (Å²) in [6, 6.07) is 2.57. The second-order valence-corrected chi connectivity index (χ2v) is 12.0. The Hall–Kier alpha value is -3.91. The Morgan fingerprint density at radius 3 is 2.45 bits per heavy atom. The SMILES string of the molecule is Cc1cc(N2CCOC[C@@H]2C(F)(F)F)cc(F)c1C(=O)N[C@H](CO)Cc1ccc(-c2c(C)c(C(F)(F)F)cn(C)c2=O)c2c1CCC2. The Kier molecular flexibility index (Phi) is 9.48. The number of ether oxygens (including phenoxy) is 1. The highest BCUT2D eigenvalue weighted by atomic mass is 19.4. The number of morpholine rings is 1. The van der Waals surface area contributed by atoms with Gasteiger partial charge in [-0.05, 0) is 85.0 Å². The van der Waals surface area contributed by atoms with Crippen LogP contribution in [-0.2, 0) is 37.2 Å². The fourth-order valence-corrected chi connectivity index (χ4v) is 6.68. The van der Waals surface area contributed by atoms with Crippen LogP contribution in [0.5, 0.6) is 0 Å². The van der Waals surface area contributed by atoms with E-state index in [0.717, 1.165) is 32.9 Å². The van der Waals surface area contributed by atoms with E-state index in [9.17, 15) is 41.0 Å². The molecule has 2 N–H and O–H groups in total. The summed E-state index contributed by atoms with van der Waals surface area (Å²) >= 11 is 0. The number of pyridine rings is 1. The van der Waals surface area contributed by atoms with E-state index in [1.54, 1.807) is 12.1 Å². The molecule has 1 aliphatic carbocycles. The molecule has 254 valence electrons. The highest BCUT2D eigenvalue weighted by molar-refractivity contribution is 5.96. The number of alkyl halides is 6. The molecule has 7 nitrogen and oxygen atoms in total. The Labute approximate surface area is 266 Å². The van der Waals surface area contributed by atoms with Gasteiger partial charge in [-0.25, -0.2) is 4.39 Å². The molecule has 1 aliphatic heterocycles. The molecular formula is C33H34F7N3O4. The summed E-state index contributed by atoms with van der Waals surface area (Å²) in [5.41, 5.74) is 0.654. The largest absolute Gasteiger partial charge is 0.418 e. The van der Waals surface area contributed by atoms with Gasteiger partial charge in [0.15, 0.2) is 0 Å². The molecule has 5 rings (SSSR count). The summed E-state index contributed by atoms with van der Waals surface area (Å²) in [5.74, 6) is -1.89. The summed E-state index contributed by atoms with van der Waals surface area (Å²) in [4.78, 5) is 27.3. The summed E-state index contributed by atoms with van der Waals surface area (Å²) < 4.78 is 103. The van der Waals surface area contributed by atoms with Crippen LogP contribution >= 0.6 is 0 Å². The molecule has 1 saturated heterocycles. The summed E-state index contributed by atoms with van der Waals surface area (Å²) in [7, 11) is 1.27. The number of aliphatic hydroxyl groups is 1. The Balaban J connectivity index is 1.41. The number of rotatable bonds is 7. The normalized spacial score (nSPS) is 17.5. The van der Waals surface area contributed by atoms with E-state index >= 15 is 4.39 Å². The van der Waals surface area contributed by atoms with Gasteiger partial charge in [-0.3, -0.25) is 9.59 Å². The van der Waals surface area contributed by atoms with Crippen LogP contribution in [0.4, 0.5) is 36.4 Å². The van der Waals surface area contributed by atoms with E-state index < -0.39 is 60.5 Å². The number of halogens is 7. The predicted molar refractivity (Wildman–Crippen MR) is 160 cm³/mol. The van der Waals surface area contributed by atoms with Crippen LogP contribution < -0.4 is 15.8 Å². The third-order valence-corrected chi connectivity index (χ3v) is 8.95. The number of nitrogens with one attached hydrogen (secondary N) is 1. The third-order valence-electron chi connectivity index (χ3n) is 8.95. The standard InChI is InChI=1S/C33H34F7N3O4/c1-17-11-21(43-9-10-47-16-27(43)33(38,39)40)13-26(34)28(17)30(45)41-20(15-44)12-19-7-8-24(23-6-4-5-22(19)23)29-18(2)25(32(35,36)37)14-42(3)31(29)46/h7-8,11,13-14,20,27,44H,4-6,9-10,12,15-16H2,1-3H3,(H,41,45)/t20-,27+/m0/s1. The van der Waals surface area contributed by atoms with Gasteiger partial charge in [0.25, 0.3) is 11.5 Å². The number of aliphatic hydroxyl groups excluding tert-OH is 1. The minimum absolute atomic E-state index is 0.0224. The number of aryl methyl sites for hydroxylation is 2. The number of benzene rings is 2. The first kappa shape index (κ1) is 34.4. The zero-order valence-corrected chi connectivity index (χ0v) is 25.9. The molecule has 14 heteroatoms. The van der Waals surface area contributed by atoms with Gasteiger partial charge >= 0.3 is 12.4 Å². The van der Waals surface area contributed by atoms with Crippen molar-refractivity contribution in [3.63, 3.8) is 0 Å². The van der Waals surface area contributed by atoms with E-state index in [2.05, 4.69) is 5.32 Å². The number of aromatic nitrogens is 1. The highest BCUT2D eigenvalue weighted by Gasteiger charge is 2.46. The lowest BCUT2D eigenvalue weighted by Gasteiger charge is -2.38. The van der Waals surface area contributed by atoms with E-state index in [1.165, 1.54) is 27.0 Å². The molecule has 2 aromatic carbocycles. The lowest BCUT2D eigenvalue weighted by molar-refractivity contribution is -0.167. The number of carbonyl (C=O) groups excluding carboxylic acids is 1. The van der Waals surface area contributed by atoms with Crippen molar-refractivity contribution >= 4 is 11.6 Å². The summed E-state index contributed by atoms with van der Waals surface area (Å²) in [6.45, 7) is 1.45. The van der Waals surface area contributed by atoms with Gasteiger partial charge in [-0.1, -0.05) is 12.1 Å². The number of nitrogens with zero attached hydrogens (tertiary/aromatic N) is 2. The predicted octanol–water partition coefficient (Wildman–Crippen LogP) is 5.42. The van der Waals surface area contributed by atoms with Crippen LogP contribution in [0.2, 0.25) is 0 Å². The minimum atomic E-state index is -4.66. The zero-order valence-electron chi connectivity index (χ0n) is 25.9. The number of carbonyl (C=O) groups is 1. The van der Waals surface area contributed by atoms with Crippen LogP contribution in [-0.4, -0.2) is 60.2 Å². The number of hydrogen-bond donors (Lipinski definition) is 2. The molecule has 0 bridgehead atoms. The Morgan fingerprint density at radius 1 is 1.11 bits per heavy atom. The molecule has 1 amide bonds. The molecule has 0 radical (unpaired) electrons. The van der Waals surface area contributed by atoms with Gasteiger partial charge in [0.2, 0.25) is 0 Å². The van der Waals surface area contributed by atoms with Crippen molar-refractivity contribution in [3.05, 3.63) is 85.6 Å². The molecule has 2 atom stereocenters. The van der Waals surface area contributed by atoms with Crippen LogP contribution in [0, 0.1) is 19.7 Å². The lowest BCUT2D eigenvalue weighted by atomic mass is 9.89. The molecule has 47 heavy (non-hydrogen) atoms. The number of hydrogen-bond acceptors (Lipinski definition) is 5. The van der Waals surface area contributed by atoms with Crippen molar-refractivity contribution in [3.8, 4) is 11.1 Å². The fourth-order valence-electron chi connectivity index (χ4n) is 6.68. The zero-order chi connectivity index (χ0) is 34.4. The van der Waals surface area contributed by atoms with Crippen LogP contribution in [0.3, 0.4) is 0 Å². The summed E-state index contributed by atoms with van der Waals surface area (Å²) in [5, 5.41) is 12.8. The molecule has 0 saturated carbocycles. The smallest absolute Gasteiger partial charge is 0.394 e. The first-order valence-corrected chi connectivity index (χ1v) is 15.1. The summed E-state index contributed by atoms with van der Waals surface area (Å²) in [6.07, 6.45) is -6.63. The van der Waals surface area contributed by atoms with Crippen molar-refractivity contribution in [2.75, 3.05) is 31.3 Å². The number of amides is 1. The average Bonchev–Trinajstić information content (AvgIpc) is 3.49. The molecule has 1 aromatic heterocycles. The second kappa shape index (κ2) is 12.9. The molecule has 2 heterocycles. The van der Waals surface area contributed by atoms with Crippen molar-refractivity contribution < 1.29 is 45.4 Å². The maximum absolute atomic E-state index is 15.3. The maximum atomic E-state index is 15.3. The monoisotopic (exact) mass is 669 g/mol.